The molecule has 2 aromatic rings. The van der Waals surface area contributed by atoms with Gasteiger partial charge in [-0.2, -0.15) is 15.0 Å². The maximum absolute atomic E-state index is 13.6. The van der Waals surface area contributed by atoms with E-state index in [2.05, 4.69) is 19.7 Å². The molecular weight excluding hydrogens is 337 g/mol. The highest BCUT2D eigenvalue weighted by Crippen LogP contribution is 2.12. The molecule has 0 atom stereocenters. The number of rotatable bonds is 7. The summed E-state index contributed by atoms with van der Waals surface area (Å²) in [5.74, 6) is -0.505. The molecule has 0 aliphatic carbocycles. The van der Waals surface area contributed by atoms with Crippen LogP contribution in [0.4, 0.5) is 10.3 Å². The largest absolute Gasteiger partial charge is 0.467 e. The van der Waals surface area contributed by atoms with E-state index < -0.39 is 21.6 Å². The topological polar surface area (TPSA) is 97.3 Å². The maximum atomic E-state index is 13.6. The van der Waals surface area contributed by atoms with Gasteiger partial charge in [0.05, 0.1) is 19.4 Å². The minimum Gasteiger partial charge on any atom is -0.467 e. The first-order valence-corrected chi connectivity index (χ1v) is 8.63. The Hall–Kier alpha value is -2.33. The summed E-state index contributed by atoms with van der Waals surface area (Å²) >= 11 is 0. The molecular formula is C14H18FN5O3S. The van der Waals surface area contributed by atoms with E-state index in [1.54, 1.807) is 25.1 Å². The fourth-order valence-electron chi connectivity index (χ4n) is 1.80. The van der Waals surface area contributed by atoms with Crippen LogP contribution in [-0.2, 0) is 22.3 Å². The second-order valence-electron chi connectivity index (χ2n) is 5.10. The van der Waals surface area contributed by atoms with Gasteiger partial charge in [0.15, 0.2) is 5.82 Å². The highest BCUT2D eigenvalue weighted by Gasteiger charge is 2.16. The van der Waals surface area contributed by atoms with Gasteiger partial charge < -0.3 is 9.64 Å². The lowest BCUT2D eigenvalue weighted by atomic mass is 10.2. The number of hydrogen-bond acceptors (Lipinski definition) is 7. The third-order valence-electron chi connectivity index (χ3n) is 2.99. The quantitative estimate of drug-likeness (QED) is 0.781. The van der Waals surface area contributed by atoms with Gasteiger partial charge in [0.2, 0.25) is 16.0 Å². The van der Waals surface area contributed by atoms with Crippen LogP contribution in [0.3, 0.4) is 0 Å². The lowest BCUT2D eigenvalue weighted by molar-refractivity contribution is 0.375. The molecule has 1 aromatic heterocycles. The van der Waals surface area contributed by atoms with E-state index in [-0.39, 0.29) is 23.9 Å². The number of nitrogens with one attached hydrogen (secondary N) is 1. The number of halogens is 1. The predicted octanol–water partition coefficient (Wildman–Crippen LogP) is 0.705. The number of methoxy groups -OCH3 is 1. The SMILES string of the molecule is COc1nc(CNS(=O)(=O)Cc2ccccc2F)nc(N(C)C)n1. The zero-order chi connectivity index (χ0) is 17.7. The molecule has 10 heteroatoms. The first-order valence-electron chi connectivity index (χ1n) is 6.98. The van der Waals surface area contributed by atoms with Crippen molar-refractivity contribution in [2.75, 3.05) is 26.1 Å². The molecule has 130 valence electrons. The average molecular weight is 355 g/mol. The summed E-state index contributed by atoms with van der Waals surface area (Å²) in [4.78, 5) is 13.8. The van der Waals surface area contributed by atoms with Gasteiger partial charge in [0.1, 0.15) is 5.82 Å². The van der Waals surface area contributed by atoms with Gasteiger partial charge in [-0.3, -0.25) is 0 Å². The van der Waals surface area contributed by atoms with Gasteiger partial charge in [0.25, 0.3) is 0 Å². The number of hydrogen-bond donors (Lipinski definition) is 1. The van der Waals surface area contributed by atoms with E-state index in [1.165, 1.54) is 25.3 Å². The molecule has 0 saturated carbocycles. The monoisotopic (exact) mass is 355 g/mol. The first kappa shape index (κ1) is 18.0. The van der Waals surface area contributed by atoms with Gasteiger partial charge in [-0.1, -0.05) is 18.2 Å². The fourth-order valence-corrected chi connectivity index (χ4v) is 2.90. The predicted molar refractivity (Wildman–Crippen MR) is 86.6 cm³/mol. The summed E-state index contributed by atoms with van der Waals surface area (Å²) in [6.45, 7) is -0.156. The second-order valence-corrected chi connectivity index (χ2v) is 6.91. The molecule has 1 N–H and O–H groups in total. The van der Waals surface area contributed by atoms with Crippen LogP contribution in [0.15, 0.2) is 24.3 Å². The van der Waals surface area contributed by atoms with E-state index in [9.17, 15) is 12.8 Å². The molecule has 0 unspecified atom stereocenters. The molecule has 0 fully saturated rings. The highest BCUT2D eigenvalue weighted by atomic mass is 32.2. The summed E-state index contributed by atoms with van der Waals surface area (Å²) in [7, 11) is 1.12. The Bertz CT molecular complexity index is 814. The van der Waals surface area contributed by atoms with Crippen LogP contribution in [0.5, 0.6) is 6.01 Å². The Labute approximate surface area is 139 Å². The zero-order valence-corrected chi connectivity index (χ0v) is 14.3. The molecule has 0 amide bonds. The van der Waals surface area contributed by atoms with E-state index in [0.29, 0.717) is 5.95 Å². The maximum Gasteiger partial charge on any atom is 0.321 e. The Morgan fingerprint density at radius 3 is 2.54 bits per heavy atom. The average Bonchev–Trinajstić information content (AvgIpc) is 2.54. The van der Waals surface area contributed by atoms with Crippen molar-refractivity contribution in [3.05, 3.63) is 41.5 Å². The second kappa shape index (κ2) is 7.49. The summed E-state index contributed by atoms with van der Waals surface area (Å²) in [5.41, 5.74) is 0.0900. The number of ether oxygens (including phenoxy) is 1. The van der Waals surface area contributed by atoms with Crippen LogP contribution in [0.2, 0.25) is 0 Å². The van der Waals surface area contributed by atoms with Crippen LogP contribution in [0, 0.1) is 5.82 Å². The smallest absolute Gasteiger partial charge is 0.321 e. The molecule has 1 heterocycles. The Morgan fingerprint density at radius 1 is 1.21 bits per heavy atom. The van der Waals surface area contributed by atoms with Crippen molar-refractivity contribution in [3.63, 3.8) is 0 Å². The normalized spacial score (nSPS) is 11.3. The number of benzene rings is 1. The number of nitrogens with zero attached hydrogens (tertiary/aromatic N) is 4. The zero-order valence-electron chi connectivity index (χ0n) is 13.5. The molecule has 24 heavy (non-hydrogen) atoms. The first-order chi connectivity index (χ1) is 11.3. The molecule has 0 aliphatic rings. The molecule has 0 spiro atoms. The van der Waals surface area contributed by atoms with Crippen LogP contribution in [0.1, 0.15) is 11.4 Å². The molecule has 1 aromatic carbocycles. The van der Waals surface area contributed by atoms with Gasteiger partial charge in [-0.05, 0) is 6.07 Å². The summed E-state index contributed by atoms with van der Waals surface area (Å²) in [6.07, 6.45) is 0. The van der Waals surface area contributed by atoms with Crippen molar-refractivity contribution >= 4 is 16.0 Å². The molecule has 2 rings (SSSR count). The summed E-state index contributed by atoms with van der Waals surface area (Å²) in [5, 5.41) is 0. The Morgan fingerprint density at radius 2 is 1.92 bits per heavy atom. The summed E-state index contributed by atoms with van der Waals surface area (Å²) < 4.78 is 45.1. The van der Waals surface area contributed by atoms with E-state index in [0.717, 1.165) is 0 Å². The lowest BCUT2D eigenvalue weighted by Gasteiger charge is -2.12. The van der Waals surface area contributed by atoms with Crippen molar-refractivity contribution in [2.24, 2.45) is 0 Å². The highest BCUT2D eigenvalue weighted by molar-refractivity contribution is 7.88. The summed E-state index contributed by atoms with van der Waals surface area (Å²) in [6, 6.07) is 5.79. The standard InChI is InChI=1S/C14H18FN5O3S/c1-20(2)13-17-12(18-14(19-13)23-3)8-16-24(21,22)9-10-6-4-5-7-11(10)15/h4-7,16H,8-9H2,1-3H3. The van der Waals surface area contributed by atoms with Gasteiger partial charge in [-0.25, -0.2) is 17.5 Å². The molecule has 0 radical (unpaired) electrons. The molecule has 0 saturated heterocycles. The third kappa shape index (κ3) is 4.83. The van der Waals surface area contributed by atoms with Crippen LogP contribution >= 0.6 is 0 Å². The van der Waals surface area contributed by atoms with Crippen molar-refractivity contribution in [2.45, 2.75) is 12.3 Å². The van der Waals surface area contributed by atoms with Crippen LogP contribution in [-0.4, -0.2) is 44.6 Å². The Balaban J connectivity index is 2.12. The van der Waals surface area contributed by atoms with Crippen LogP contribution < -0.4 is 14.4 Å². The third-order valence-corrected chi connectivity index (χ3v) is 4.26. The fraction of sp³-hybridized carbons (Fsp3) is 0.357. The number of aromatic nitrogens is 3. The van der Waals surface area contributed by atoms with E-state index >= 15 is 0 Å². The molecule has 0 aliphatic heterocycles. The Kier molecular flexibility index (Phi) is 5.62. The minimum atomic E-state index is -3.75. The number of sulfonamides is 1. The van der Waals surface area contributed by atoms with Crippen molar-refractivity contribution in [1.29, 1.82) is 0 Å². The molecule has 8 nitrogen and oxygen atoms in total. The van der Waals surface area contributed by atoms with Crippen LogP contribution in [0.25, 0.3) is 0 Å². The minimum absolute atomic E-state index is 0.0806. The van der Waals surface area contributed by atoms with Crippen molar-refractivity contribution in [1.82, 2.24) is 19.7 Å². The van der Waals surface area contributed by atoms with Gasteiger partial charge in [-0.15, -0.1) is 0 Å². The number of anilines is 1. The van der Waals surface area contributed by atoms with Crippen molar-refractivity contribution in [3.8, 4) is 6.01 Å². The van der Waals surface area contributed by atoms with E-state index in [1.807, 2.05) is 0 Å². The van der Waals surface area contributed by atoms with Gasteiger partial charge in [0, 0.05) is 19.7 Å². The van der Waals surface area contributed by atoms with Gasteiger partial charge >= 0.3 is 6.01 Å². The molecule has 0 bridgehead atoms. The van der Waals surface area contributed by atoms with Crippen molar-refractivity contribution < 1.29 is 17.5 Å². The lowest BCUT2D eigenvalue weighted by Crippen LogP contribution is -2.26. The van der Waals surface area contributed by atoms with E-state index in [4.69, 9.17) is 4.74 Å².